The first kappa shape index (κ1) is 12.8. The molecule has 110 valence electrons. The lowest BCUT2D eigenvalue weighted by Crippen LogP contribution is -1.98. The number of hydrogen-bond donors (Lipinski definition) is 0. The first-order valence-electron chi connectivity index (χ1n) is 6.72. The molecule has 0 fully saturated rings. The highest BCUT2D eigenvalue weighted by atomic mass is 16.5. The van der Waals surface area contributed by atoms with Crippen molar-refractivity contribution in [2.75, 3.05) is 14.2 Å². The van der Waals surface area contributed by atoms with Crippen LogP contribution in [0.3, 0.4) is 0 Å². The Kier molecular flexibility index (Phi) is 2.63. The minimum absolute atomic E-state index is 0.423. The summed E-state index contributed by atoms with van der Waals surface area (Å²) in [6, 6.07) is 10.6. The van der Waals surface area contributed by atoms with Crippen LogP contribution >= 0.6 is 0 Å². The zero-order chi connectivity index (χ0) is 15.3. The summed E-state index contributed by atoms with van der Waals surface area (Å²) < 4.78 is 21.6. The van der Waals surface area contributed by atoms with Gasteiger partial charge in [-0.05, 0) is 30.3 Å². The van der Waals surface area contributed by atoms with E-state index in [1.54, 1.807) is 44.6 Å². The lowest BCUT2D eigenvalue weighted by Gasteiger charge is -2.01. The molecule has 0 aliphatic carbocycles. The van der Waals surface area contributed by atoms with Gasteiger partial charge >= 0.3 is 5.63 Å². The Morgan fingerprint density at radius 2 is 1.55 bits per heavy atom. The lowest BCUT2D eigenvalue weighted by molar-refractivity contribution is 0.414. The molecule has 0 spiro atoms. The Labute approximate surface area is 124 Å². The Bertz CT molecular complexity index is 1070. The van der Waals surface area contributed by atoms with Crippen LogP contribution in [0, 0.1) is 0 Å². The van der Waals surface area contributed by atoms with Gasteiger partial charge < -0.3 is 18.3 Å². The van der Waals surface area contributed by atoms with Gasteiger partial charge in [-0.1, -0.05) is 0 Å². The third kappa shape index (κ3) is 1.69. The van der Waals surface area contributed by atoms with Crippen molar-refractivity contribution in [1.29, 1.82) is 0 Å². The van der Waals surface area contributed by atoms with Crippen LogP contribution in [0.25, 0.3) is 32.9 Å². The van der Waals surface area contributed by atoms with Crippen LogP contribution in [0.5, 0.6) is 11.5 Å². The van der Waals surface area contributed by atoms with Crippen LogP contribution in [-0.2, 0) is 0 Å². The van der Waals surface area contributed by atoms with Crippen LogP contribution in [-0.4, -0.2) is 14.2 Å². The van der Waals surface area contributed by atoms with Crippen molar-refractivity contribution in [2.24, 2.45) is 0 Å². The molecule has 4 aromatic rings. The third-order valence-electron chi connectivity index (χ3n) is 3.74. The van der Waals surface area contributed by atoms with E-state index in [1.807, 2.05) is 6.07 Å². The Balaban J connectivity index is 2.19. The van der Waals surface area contributed by atoms with Gasteiger partial charge in [0.25, 0.3) is 0 Å². The summed E-state index contributed by atoms with van der Waals surface area (Å²) in [5.74, 6) is 1.28. The van der Waals surface area contributed by atoms with E-state index in [-0.39, 0.29) is 0 Å². The quantitative estimate of drug-likeness (QED) is 0.528. The molecule has 2 aromatic heterocycles. The van der Waals surface area contributed by atoms with Gasteiger partial charge in [0.05, 0.1) is 19.6 Å². The van der Waals surface area contributed by atoms with Gasteiger partial charge in [0.15, 0.2) is 5.58 Å². The maximum absolute atomic E-state index is 12.4. The summed E-state index contributed by atoms with van der Waals surface area (Å²) in [6.07, 6.45) is 0. The molecule has 0 bridgehead atoms. The van der Waals surface area contributed by atoms with Crippen molar-refractivity contribution >= 4 is 32.9 Å². The molecule has 2 aromatic carbocycles. The standard InChI is InChI=1S/C17H12O5/c1-19-9-4-6-13-12(7-9)15-16(21-13)11-5-3-10(20-2)8-14(11)22-17(15)18/h3-8H,1-2H3. The van der Waals surface area contributed by atoms with Crippen LogP contribution in [0.4, 0.5) is 0 Å². The molecule has 0 amide bonds. The minimum atomic E-state index is -0.442. The maximum atomic E-state index is 12.4. The molecule has 0 aliphatic heterocycles. The predicted octanol–water partition coefficient (Wildman–Crippen LogP) is 3.71. The van der Waals surface area contributed by atoms with E-state index in [1.165, 1.54) is 0 Å². The van der Waals surface area contributed by atoms with Crippen LogP contribution in [0.1, 0.15) is 0 Å². The van der Waals surface area contributed by atoms with E-state index < -0.39 is 5.63 Å². The third-order valence-corrected chi connectivity index (χ3v) is 3.74. The molecule has 0 radical (unpaired) electrons. The van der Waals surface area contributed by atoms with Crippen molar-refractivity contribution in [3.05, 3.63) is 46.8 Å². The molecular formula is C17H12O5. The number of benzene rings is 2. The average molecular weight is 296 g/mol. The second-order valence-corrected chi connectivity index (χ2v) is 4.92. The highest BCUT2D eigenvalue weighted by molar-refractivity contribution is 6.13. The SMILES string of the molecule is COc1ccc2c(c1)oc(=O)c1c3cc(OC)ccc3oc21. The number of hydrogen-bond acceptors (Lipinski definition) is 5. The van der Waals surface area contributed by atoms with Gasteiger partial charge in [0, 0.05) is 11.5 Å². The van der Waals surface area contributed by atoms with Crippen LogP contribution in [0.15, 0.2) is 50.0 Å². The molecule has 2 heterocycles. The summed E-state index contributed by atoms with van der Waals surface area (Å²) in [7, 11) is 3.14. The van der Waals surface area contributed by atoms with Gasteiger partial charge in [0.2, 0.25) is 0 Å². The molecule has 22 heavy (non-hydrogen) atoms. The van der Waals surface area contributed by atoms with Crippen molar-refractivity contribution in [3.8, 4) is 11.5 Å². The fourth-order valence-electron chi connectivity index (χ4n) is 2.65. The highest BCUT2D eigenvalue weighted by Crippen LogP contribution is 2.34. The largest absolute Gasteiger partial charge is 0.497 e. The number of ether oxygens (including phenoxy) is 2. The normalized spacial score (nSPS) is 11.4. The summed E-state index contributed by atoms with van der Waals surface area (Å²) in [5.41, 5.74) is 1.12. The van der Waals surface area contributed by atoms with Crippen LogP contribution in [0.2, 0.25) is 0 Å². The predicted molar refractivity (Wildman–Crippen MR) is 82.9 cm³/mol. The summed E-state index contributed by atoms with van der Waals surface area (Å²) in [4.78, 5) is 12.4. The Morgan fingerprint density at radius 1 is 0.818 bits per heavy atom. The first-order valence-corrected chi connectivity index (χ1v) is 6.72. The molecule has 0 N–H and O–H groups in total. The number of methoxy groups -OCH3 is 2. The van der Waals surface area contributed by atoms with E-state index in [2.05, 4.69) is 0 Å². The second kappa shape index (κ2) is 4.53. The van der Waals surface area contributed by atoms with Crippen molar-refractivity contribution < 1.29 is 18.3 Å². The van der Waals surface area contributed by atoms with Gasteiger partial charge in [0.1, 0.15) is 28.1 Å². The fraction of sp³-hybridized carbons (Fsp3) is 0.118. The van der Waals surface area contributed by atoms with Gasteiger partial charge in [-0.15, -0.1) is 0 Å². The maximum Gasteiger partial charge on any atom is 0.348 e. The van der Waals surface area contributed by atoms with Crippen molar-refractivity contribution in [3.63, 3.8) is 0 Å². The van der Waals surface area contributed by atoms with E-state index >= 15 is 0 Å². The highest BCUT2D eigenvalue weighted by Gasteiger charge is 2.16. The number of fused-ring (bicyclic) bond motifs is 5. The number of furan rings is 1. The van der Waals surface area contributed by atoms with Gasteiger partial charge in [-0.2, -0.15) is 0 Å². The molecule has 0 aliphatic rings. The average Bonchev–Trinajstić information content (AvgIpc) is 2.93. The smallest absolute Gasteiger partial charge is 0.348 e. The summed E-state index contributed by atoms with van der Waals surface area (Å²) >= 11 is 0. The number of rotatable bonds is 2. The minimum Gasteiger partial charge on any atom is -0.497 e. The van der Waals surface area contributed by atoms with Crippen molar-refractivity contribution in [1.82, 2.24) is 0 Å². The monoisotopic (exact) mass is 296 g/mol. The summed E-state index contributed by atoms with van der Waals surface area (Å²) in [5, 5.41) is 1.83. The lowest BCUT2D eigenvalue weighted by atomic mass is 10.1. The zero-order valence-electron chi connectivity index (χ0n) is 12.0. The Morgan fingerprint density at radius 3 is 2.32 bits per heavy atom. The molecule has 0 atom stereocenters. The molecular weight excluding hydrogens is 284 g/mol. The summed E-state index contributed by atoms with van der Waals surface area (Å²) in [6.45, 7) is 0. The second-order valence-electron chi connectivity index (χ2n) is 4.92. The molecule has 0 saturated carbocycles. The van der Waals surface area contributed by atoms with Crippen LogP contribution < -0.4 is 15.1 Å². The first-order chi connectivity index (χ1) is 10.7. The van der Waals surface area contributed by atoms with E-state index in [0.717, 1.165) is 5.39 Å². The molecule has 0 unspecified atom stereocenters. The molecule has 4 rings (SSSR count). The van der Waals surface area contributed by atoms with Gasteiger partial charge in [-0.25, -0.2) is 4.79 Å². The molecule has 0 saturated heterocycles. The topological polar surface area (TPSA) is 61.8 Å². The molecule has 5 nitrogen and oxygen atoms in total. The van der Waals surface area contributed by atoms with E-state index in [0.29, 0.717) is 39.0 Å². The zero-order valence-corrected chi connectivity index (χ0v) is 12.0. The van der Waals surface area contributed by atoms with E-state index in [4.69, 9.17) is 18.3 Å². The fourth-order valence-corrected chi connectivity index (χ4v) is 2.65. The van der Waals surface area contributed by atoms with Gasteiger partial charge in [-0.3, -0.25) is 0 Å². The molecule has 5 heteroatoms. The van der Waals surface area contributed by atoms with Crippen molar-refractivity contribution in [2.45, 2.75) is 0 Å². The van der Waals surface area contributed by atoms with E-state index in [9.17, 15) is 4.79 Å². The Hall–Kier alpha value is -2.95.